The fourth-order valence-electron chi connectivity index (χ4n) is 0.916. The summed E-state index contributed by atoms with van der Waals surface area (Å²) in [6, 6.07) is 7.62. The molecule has 2 nitrogen and oxygen atoms in total. The number of hydrogen-bond donors (Lipinski definition) is 1. The number of hydrogen-bond acceptors (Lipinski definition) is 2. The molecule has 0 spiro atoms. The highest BCUT2D eigenvalue weighted by Gasteiger charge is 1.94. The van der Waals surface area contributed by atoms with Gasteiger partial charge in [-0.3, -0.25) is 4.79 Å². The van der Waals surface area contributed by atoms with Crippen LogP contribution in [0.1, 0.15) is 6.92 Å². The number of carbonyl (C=O) groups is 1. The molecule has 0 fully saturated rings. The molecule has 0 unspecified atom stereocenters. The van der Waals surface area contributed by atoms with Gasteiger partial charge in [0.2, 0.25) is 5.91 Å². The van der Waals surface area contributed by atoms with Crippen LogP contribution in [0.5, 0.6) is 0 Å². The molecule has 0 aliphatic rings. The normalized spacial score (nSPS) is 9.31. The smallest absolute Gasteiger partial charge is 0.221 e. The molecule has 0 aliphatic heterocycles. The quantitative estimate of drug-likeness (QED) is 0.748. The highest BCUT2D eigenvalue weighted by molar-refractivity contribution is 8.02. The number of anilines is 1. The maximum Gasteiger partial charge on any atom is 0.221 e. The number of thioether (sulfide) groups is 1. The second-order valence-corrected chi connectivity index (χ2v) is 3.53. The first-order chi connectivity index (χ1) is 6.22. The Morgan fingerprint density at radius 1 is 1.46 bits per heavy atom. The van der Waals surface area contributed by atoms with Crippen molar-refractivity contribution in [1.82, 2.24) is 0 Å². The minimum atomic E-state index is -0.0517. The van der Waals surface area contributed by atoms with Crippen LogP contribution in [0.4, 0.5) is 5.69 Å². The summed E-state index contributed by atoms with van der Waals surface area (Å²) < 4.78 is 0. The largest absolute Gasteiger partial charge is 0.326 e. The van der Waals surface area contributed by atoms with Gasteiger partial charge in [0.1, 0.15) is 0 Å². The van der Waals surface area contributed by atoms with Gasteiger partial charge in [0, 0.05) is 17.5 Å². The molecule has 1 aromatic carbocycles. The standard InChI is InChI=1S/C10H11NOS/c1-3-13-10-6-4-9(5-7-10)11-8(2)12/h3-7H,1H2,2H3,(H,11,12). The molecule has 1 aromatic rings. The summed E-state index contributed by atoms with van der Waals surface area (Å²) in [6.45, 7) is 5.11. The highest BCUT2D eigenvalue weighted by atomic mass is 32.2. The van der Waals surface area contributed by atoms with E-state index in [9.17, 15) is 4.79 Å². The van der Waals surface area contributed by atoms with E-state index in [-0.39, 0.29) is 5.91 Å². The molecule has 0 aliphatic carbocycles. The Bertz CT molecular complexity index is 305. The average Bonchev–Trinajstić information content (AvgIpc) is 2.08. The Labute approximate surface area is 82.0 Å². The summed E-state index contributed by atoms with van der Waals surface area (Å²) in [5, 5.41) is 4.47. The molecule has 0 heterocycles. The summed E-state index contributed by atoms with van der Waals surface area (Å²) in [6.07, 6.45) is 0. The third kappa shape index (κ3) is 3.34. The van der Waals surface area contributed by atoms with Gasteiger partial charge in [-0.15, -0.1) is 0 Å². The monoisotopic (exact) mass is 193 g/mol. The first-order valence-electron chi connectivity index (χ1n) is 3.87. The van der Waals surface area contributed by atoms with Crippen molar-refractivity contribution in [2.24, 2.45) is 0 Å². The van der Waals surface area contributed by atoms with E-state index < -0.39 is 0 Å². The van der Waals surface area contributed by atoms with Gasteiger partial charge in [0.05, 0.1) is 0 Å². The minimum absolute atomic E-state index is 0.0517. The van der Waals surface area contributed by atoms with Crippen LogP contribution < -0.4 is 5.32 Å². The Hall–Kier alpha value is -1.22. The Kier molecular flexibility index (Phi) is 3.58. The zero-order valence-electron chi connectivity index (χ0n) is 7.41. The minimum Gasteiger partial charge on any atom is -0.326 e. The second kappa shape index (κ2) is 4.72. The van der Waals surface area contributed by atoms with Crippen LogP contribution in [0, 0.1) is 0 Å². The van der Waals surface area contributed by atoms with Gasteiger partial charge in [-0.1, -0.05) is 18.3 Å². The lowest BCUT2D eigenvalue weighted by molar-refractivity contribution is -0.114. The fraction of sp³-hybridized carbons (Fsp3) is 0.100. The van der Waals surface area contributed by atoms with Crippen molar-refractivity contribution in [3.63, 3.8) is 0 Å². The van der Waals surface area contributed by atoms with Crippen LogP contribution in [0.25, 0.3) is 0 Å². The molecule has 0 saturated carbocycles. The van der Waals surface area contributed by atoms with Gasteiger partial charge in [-0.25, -0.2) is 0 Å². The van der Waals surface area contributed by atoms with E-state index in [1.54, 1.807) is 17.2 Å². The molecule has 0 saturated heterocycles. The lowest BCUT2D eigenvalue weighted by Crippen LogP contribution is -2.05. The Morgan fingerprint density at radius 3 is 2.54 bits per heavy atom. The Balaban J connectivity index is 2.69. The van der Waals surface area contributed by atoms with Gasteiger partial charge in [0.15, 0.2) is 0 Å². The predicted octanol–water partition coefficient (Wildman–Crippen LogP) is 2.88. The zero-order valence-corrected chi connectivity index (χ0v) is 8.23. The van der Waals surface area contributed by atoms with E-state index in [2.05, 4.69) is 11.9 Å². The van der Waals surface area contributed by atoms with Crippen LogP contribution in [-0.4, -0.2) is 5.91 Å². The van der Waals surface area contributed by atoms with Gasteiger partial charge in [-0.05, 0) is 29.7 Å². The molecular weight excluding hydrogens is 182 g/mol. The van der Waals surface area contributed by atoms with Gasteiger partial charge >= 0.3 is 0 Å². The van der Waals surface area contributed by atoms with E-state index in [0.717, 1.165) is 10.6 Å². The molecule has 68 valence electrons. The molecule has 0 bridgehead atoms. The lowest BCUT2D eigenvalue weighted by atomic mass is 10.3. The van der Waals surface area contributed by atoms with E-state index in [1.165, 1.54) is 6.92 Å². The summed E-state index contributed by atoms with van der Waals surface area (Å²) in [5.74, 6) is -0.0517. The molecule has 0 aromatic heterocycles. The third-order valence-electron chi connectivity index (χ3n) is 1.39. The second-order valence-electron chi connectivity index (χ2n) is 2.49. The van der Waals surface area contributed by atoms with E-state index in [4.69, 9.17) is 0 Å². The average molecular weight is 193 g/mol. The topological polar surface area (TPSA) is 29.1 Å². The van der Waals surface area contributed by atoms with Crippen LogP contribution in [0.15, 0.2) is 41.1 Å². The summed E-state index contributed by atoms with van der Waals surface area (Å²) in [5.41, 5.74) is 0.820. The molecule has 0 atom stereocenters. The van der Waals surface area contributed by atoms with Crippen molar-refractivity contribution < 1.29 is 4.79 Å². The van der Waals surface area contributed by atoms with Crippen molar-refractivity contribution in [3.8, 4) is 0 Å². The van der Waals surface area contributed by atoms with Crippen LogP contribution in [0.2, 0.25) is 0 Å². The summed E-state index contributed by atoms with van der Waals surface area (Å²) in [4.78, 5) is 11.8. The number of rotatable bonds is 3. The molecule has 13 heavy (non-hydrogen) atoms. The first kappa shape index (κ1) is 9.86. The SMILES string of the molecule is C=CSc1ccc(NC(C)=O)cc1. The van der Waals surface area contributed by atoms with Crippen LogP contribution in [0.3, 0.4) is 0 Å². The maximum atomic E-state index is 10.7. The number of nitrogens with one attached hydrogen (secondary N) is 1. The molecule has 1 rings (SSSR count). The van der Waals surface area contributed by atoms with E-state index in [1.807, 2.05) is 24.3 Å². The van der Waals surface area contributed by atoms with E-state index >= 15 is 0 Å². The predicted molar refractivity (Wildman–Crippen MR) is 56.8 cm³/mol. The number of carbonyl (C=O) groups excluding carboxylic acids is 1. The van der Waals surface area contributed by atoms with Gasteiger partial charge < -0.3 is 5.32 Å². The lowest BCUT2D eigenvalue weighted by Gasteiger charge is -2.01. The van der Waals surface area contributed by atoms with Crippen LogP contribution in [-0.2, 0) is 4.79 Å². The molecule has 1 amide bonds. The van der Waals surface area contributed by atoms with Crippen molar-refractivity contribution in [2.45, 2.75) is 11.8 Å². The van der Waals surface area contributed by atoms with Crippen molar-refractivity contribution in [2.75, 3.05) is 5.32 Å². The van der Waals surface area contributed by atoms with Crippen molar-refractivity contribution >= 4 is 23.4 Å². The molecule has 1 N–H and O–H groups in total. The first-order valence-corrected chi connectivity index (χ1v) is 4.75. The molecule has 0 radical (unpaired) electrons. The fourth-order valence-corrected chi connectivity index (χ4v) is 1.40. The molecule has 3 heteroatoms. The van der Waals surface area contributed by atoms with Crippen molar-refractivity contribution in [1.29, 1.82) is 0 Å². The van der Waals surface area contributed by atoms with Crippen LogP contribution >= 0.6 is 11.8 Å². The Morgan fingerprint density at radius 2 is 2.08 bits per heavy atom. The maximum absolute atomic E-state index is 10.7. The summed E-state index contributed by atoms with van der Waals surface area (Å²) in [7, 11) is 0. The number of benzene rings is 1. The highest BCUT2D eigenvalue weighted by Crippen LogP contribution is 2.20. The van der Waals surface area contributed by atoms with Gasteiger partial charge in [0.25, 0.3) is 0 Å². The van der Waals surface area contributed by atoms with Gasteiger partial charge in [-0.2, -0.15) is 0 Å². The third-order valence-corrected chi connectivity index (χ3v) is 2.11. The summed E-state index contributed by atoms with van der Waals surface area (Å²) >= 11 is 1.55. The van der Waals surface area contributed by atoms with Crippen molar-refractivity contribution in [3.05, 3.63) is 36.3 Å². The molecular formula is C10H11NOS. The van der Waals surface area contributed by atoms with E-state index in [0.29, 0.717) is 0 Å². The zero-order chi connectivity index (χ0) is 9.68. The number of amides is 1.